The molecule has 3 heteroatoms. The Morgan fingerprint density at radius 2 is 1.52 bits per heavy atom. The van der Waals surface area contributed by atoms with Crippen LogP contribution in [0, 0.1) is 0 Å². The number of rotatable bonds is 4. The van der Waals surface area contributed by atoms with E-state index >= 15 is 0 Å². The molecule has 1 aromatic heterocycles. The first kappa shape index (κ1) is 15.2. The molecule has 3 aromatic carbocycles. The maximum Gasteiger partial charge on any atom is 0.152 e. The molecule has 0 spiro atoms. The minimum absolute atomic E-state index is 0.699. The minimum Gasteiger partial charge on any atom is -0.497 e. The van der Waals surface area contributed by atoms with Crippen LogP contribution in [0.5, 0.6) is 5.75 Å². The van der Waals surface area contributed by atoms with Crippen LogP contribution in [-0.4, -0.2) is 18.0 Å². The number of hydrogen-bond acceptors (Lipinski definition) is 2. The number of carbonyl (C=O) groups excluding carboxylic acids is 1. The van der Waals surface area contributed by atoms with Crippen molar-refractivity contribution < 1.29 is 9.53 Å². The summed E-state index contributed by atoms with van der Waals surface area (Å²) in [4.78, 5) is 11.9. The Morgan fingerprint density at radius 1 is 0.840 bits per heavy atom. The van der Waals surface area contributed by atoms with Gasteiger partial charge in [0.2, 0.25) is 0 Å². The predicted octanol–water partition coefficient (Wildman–Crippen LogP) is 5.12. The summed E-state index contributed by atoms with van der Waals surface area (Å²) in [6, 6.07) is 25.9. The monoisotopic (exact) mass is 327 g/mol. The topological polar surface area (TPSA) is 31.2 Å². The lowest BCUT2D eigenvalue weighted by molar-refractivity contribution is 0.112. The van der Waals surface area contributed by atoms with E-state index in [-0.39, 0.29) is 0 Å². The number of aldehydes is 1. The molecule has 0 bridgehead atoms. The first-order chi connectivity index (χ1) is 12.3. The first-order valence-electron chi connectivity index (χ1n) is 8.12. The number of hydrogen-bond donors (Lipinski definition) is 0. The van der Waals surface area contributed by atoms with Gasteiger partial charge in [0.15, 0.2) is 6.29 Å². The van der Waals surface area contributed by atoms with Gasteiger partial charge >= 0.3 is 0 Å². The Balaban J connectivity index is 2.09. The SMILES string of the molecule is COc1ccc(-c2c(C=O)c3ccccc3n2-c2ccccc2)cc1. The fourth-order valence-corrected chi connectivity index (χ4v) is 3.26. The van der Waals surface area contributed by atoms with Gasteiger partial charge in [0.1, 0.15) is 5.75 Å². The van der Waals surface area contributed by atoms with Crippen molar-refractivity contribution >= 4 is 17.2 Å². The van der Waals surface area contributed by atoms with Gasteiger partial charge in [-0.15, -0.1) is 0 Å². The summed E-state index contributed by atoms with van der Waals surface area (Å²) >= 11 is 0. The molecule has 0 saturated carbocycles. The number of fused-ring (bicyclic) bond motifs is 1. The van der Waals surface area contributed by atoms with Gasteiger partial charge in [0.25, 0.3) is 0 Å². The predicted molar refractivity (Wildman–Crippen MR) is 101 cm³/mol. The van der Waals surface area contributed by atoms with Crippen LogP contribution in [0.1, 0.15) is 10.4 Å². The second-order valence-electron chi connectivity index (χ2n) is 5.80. The third kappa shape index (κ3) is 2.50. The van der Waals surface area contributed by atoms with Crippen LogP contribution < -0.4 is 4.74 Å². The normalized spacial score (nSPS) is 10.8. The quantitative estimate of drug-likeness (QED) is 0.487. The van der Waals surface area contributed by atoms with Crippen LogP contribution in [0.25, 0.3) is 27.8 Å². The van der Waals surface area contributed by atoms with Crippen molar-refractivity contribution in [2.45, 2.75) is 0 Å². The molecule has 0 atom stereocenters. The molecular formula is C22H17NO2. The van der Waals surface area contributed by atoms with Crippen molar-refractivity contribution in [2.24, 2.45) is 0 Å². The molecule has 0 fully saturated rings. The van der Waals surface area contributed by atoms with Gasteiger partial charge in [-0.25, -0.2) is 0 Å². The van der Waals surface area contributed by atoms with Gasteiger partial charge in [0, 0.05) is 16.6 Å². The Kier molecular flexibility index (Phi) is 3.82. The van der Waals surface area contributed by atoms with E-state index in [1.807, 2.05) is 78.9 Å². The molecule has 4 rings (SSSR count). The molecule has 0 amide bonds. The Labute approximate surface area is 146 Å². The molecule has 3 nitrogen and oxygen atoms in total. The van der Waals surface area contributed by atoms with Crippen LogP contribution in [0.3, 0.4) is 0 Å². The zero-order chi connectivity index (χ0) is 17.2. The fraction of sp³-hybridized carbons (Fsp3) is 0.0455. The lowest BCUT2D eigenvalue weighted by Gasteiger charge is -2.12. The van der Waals surface area contributed by atoms with Crippen molar-refractivity contribution in [3.8, 4) is 22.7 Å². The maximum absolute atomic E-state index is 11.9. The number of aromatic nitrogens is 1. The molecule has 4 aromatic rings. The van der Waals surface area contributed by atoms with Gasteiger partial charge < -0.3 is 9.30 Å². The molecule has 0 radical (unpaired) electrons. The summed E-state index contributed by atoms with van der Waals surface area (Å²) in [5.74, 6) is 0.791. The summed E-state index contributed by atoms with van der Waals surface area (Å²) in [6.07, 6.45) is 0.946. The van der Waals surface area contributed by atoms with Crippen molar-refractivity contribution in [2.75, 3.05) is 7.11 Å². The number of benzene rings is 3. The average Bonchev–Trinajstić information content (AvgIpc) is 3.03. The lowest BCUT2D eigenvalue weighted by Crippen LogP contribution is -1.98. The van der Waals surface area contributed by atoms with Crippen molar-refractivity contribution in [3.63, 3.8) is 0 Å². The van der Waals surface area contributed by atoms with Crippen molar-refractivity contribution in [1.82, 2.24) is 4.57 Å². The summed E-state index contributed by atoms with van der Waals surface area (Å²) in [6.45, 7) is 0. The third-order valence-corrected chi connectivity index (χ3v) is 4.41. The van der Waals surface area contributed by atoms with E-state index in [0.29, 0.717) is 5.56 Å². The minimum atomic E-state index is 0.699. The van der Waals surface area contributed by atoms with Gasteiger partial charge in [-0.2, -0.15) is 0 Å². The fourth-order valence-electron chi connectivity index (χ4n) is 3.26. The van der Waals surface area contributed by atoms with E-state index < -0.39 is 0 Å². The van der Waals surface area contributed by atoms with Gasteiger partial charge in [-0.3, -0.25) is 4.79 Å². The molecule has 0 saturated heterocycles. The Hall–Kier alpha value is -3.33. The summed E-state index contributed by atoms with van der Waals surface area (Å²) in [7, 11) is 1.65. The molecular weight excluding hydrogens is 310 g/mol. The van der Waals surface area contributed by atoms with Gasteiger partial charge in [0.05, 0.1) is 18.3 Å². The highest BCUT2D eigenvalue weighted by Crippen LogP contribution is 2.36. The maximum atomic E-state index is 11.9. The van der Waals surface area contributed by atoms with Gasteiger partial charge in [-0.05, 0) is 48.0 Å². The highest BCUT2D eigenvalue weighted by Gasteiger charge is 2.19. The second-order valence-corrected chi connectivity index (χ2v) is 5.80. The molecule has 0 aliphatic carbocycles. The van der Waals surface area contributed by atoms with Gasteiger partial charge in [-0.1, -0.05) is 36.4 Å². The average molecular weight is 327 g/mol. The standard InChI is InChI=1S/C22H17NO2/c1-25-18-13-11-16(12-14-18)22-20(15-24)19-9-5-6-10-21(19)23(22)17-7-3-2-4-8-17/h2-15H,1H3. The van der Waals surface area contributed by atoms with E-state index in [1.54, 1.807) is 7.11 Å². The van der Waals surface area contributed by atoms with E-state index in [9.17, 15) is 4.79 Å². The molecule has 122 valence electrons. The zero-order valence-electron chi connectivity index (χ0n) is 13.8. The van der Waals surface area contributed by atoms with Crippen LogP contribution in [0.4, 0.5) is 0 Å². The summed E-state index contributed by atoms with van der Waals surface area (Å²) in [5.41, 5.74) is 4.61. The molecule has 0 aliphatic rings. The number of ether oxygens (including phenoxy) is 1. The van der Waals surface area contributed by atoms with E-state index in [4.69, 9.17) is 4.74 Å². The van der Waals surface area contributed by atoms with Crippen LogP contribution in [-0.2, 0) is 0 Å². The number of methoxy groups -OCH3 is 1. The van der Waals surface area contributed by atoms with E-state index in [1.165, 1.54) is 0 Å². The number of para-hydroxylation sites is 2. The highest BCUT2D eigenvalue weighted by atomic mass is 16.5. The van der Waals surface area contributed by atoms with Crippen LogP contribution in [0.2, 0.25) is 0 Å². The van der Waals surface area contributed by atoms with Crippen molar-refractivity contribution in [3.05, 3.63) is 84.4 Å². The molecule has 25 heavy (non-hydrogen) atoms. The third-order valence-electron chi connectivity index (χ3n) is 4.41. The Morgan fingerprint density at radius 3 is 2.20 bits per heavy atom. The van der Waals surface area contributed by atoms with E-state index in [0.717, 1.165) is 39.9 Å². The summed E-state index contributed by atoms with van der Waals surface area (Å²) < 4.78 is 7.40. The first-order valence-corrected chi connectivity index (χ1v) is 8.12. The number of nitrogens with zero attached hydrogens (tertiary/aromatic N) is 1. The van der Waals surface area contributed by atoms with Crippen LogP contribution in [0.15, 0.2) is 78.9 Å². The molecule has 1 heterocycles. The van der Waals surface area contributed by atoms with Crippen LogP contribution >= 0.6 is 0 Å². The molecule has 0 unspecified atom stereocenters. The van der Waals surface area contributed by atoms with E-state index in [2.05, 4.69) is 4.57 Å². The summed E-state index contributed by atoms with van der Waals surface area (Å²) in [5, 5.41) is 0.951. The lowest BCUT2D eigenvalue weighted by atomic mass is 10.1. The highest BCUT2D eigenvalue weighted by molar-refractivity contribution is 6.06. The second kappa shape index (κ2) is 6.29. The number of carbonyl (C=O) groups is 1. The Bertz CT molecular complexity index is 1030. The largest absolute Gasteiger partial charge is 0.497 e. The van der Waals surface area contributed by atoms with Crippen molar-refractivity contribution in [1.29, 1.82) is 0 Å². The molecule has 0 N–H and O–H groups in total. The molecule has 0 aliphatic heterocycles. The zero-order valence-corrected chi connectivity index (χ0v) is 13.8. The smallest absolute Gasteiger partial charge is 0.152 e.